The number of benzene rings is 4. The molecule has 0 N–H and O–H groups in total. The predicted octanol–water partition coefficient (Wildman–Crippen LogP) is 9.94. The molecule has 172 valence electrons. The van der Waals surface area contributed by atoms with E-state index in [0.717, 1.165) is 0 Å². The van der Waals surface area contributed by atoms with Gasteiger partial charge >= 0.3 is 0 Å². The summed E-state index contributed by atoms with van der Waals surface area (Å²) in [4.78, 5) is 0. The van der Waals surface area contributed by atoms with Gasteiger partial charge in [-0.2, -0.15) is 0 Å². The summed E-state index contributed by atoms with van der Waals surface area (Å²) in [6.07, 6.45) is 0. The molecule has 4 aromatic carbocycles. The second-order valence-corrected chi connectivity index (χ2v) is 10.1. The van der Waals surface area contributed by atoms with Crippen LogP contribution in [0.15, 0.2) is 154 Å². The van der Waals surface area contributed by atoms with Gasteiger partial charge in [0, 0.05) is 0 Å². The number of thioether (sulfide) groups is 2. The molecule has 4 aromatic rings. The van der Waals surface area contributed by atoms with Gasteiger partial charge in [-0.05, 0) is 77.3 Å². The molecule has 6 rings (SSSR count). The summed E-state index contributed by atoms with van der Waals surface area (Å²) in [6, 6.07) is 43.1. The van der Waals surface area contributed by atoms with Crippen LogP contribution in [0, 0.1) is 0 Å². The van der Waals surface area contributed by atoms with E-state index in [0.29, 0.717) is 0 Å². The van der Waals surface area contributed by atoms with Crippen molar-refractivity contribution in [2.24, 2.45) is 0 Å². The third-order valence-corrected chi connectivity index (χ3v) is 7.90. The fourth-order valence-electron chi connectivity index (χ4n) is 4.73. The summed E-state index contributed by atoms with van der Waals surface area (Å²) in [7, 11) is 0. The lowest BCUT2D eigenvalue weighted by Crippen LogP contribution is -2.07. The van der Waals surface area contributed by atoms with Crippen LogP contribution in [0.3, 0.4) is 0 Å². The van der Waals surface area contributed by atoms with E-state index in [1.54, 1.807) is 23.5 Å². The molecule has 0 saturated carbocycles. The van der Waals surface area contributed by atoms with Crippen LogP contribution in [0.4, 0.5) is 0 Å². The van der Waals surface area contributed by atoms with Gasteiger partial charge in [0.2, 0.25) is 0 Å². The van der Waals surface area contributed by atoms with E-state index in [1.165, 1.54) is 55.7 Å². The van der Waals surface area contributed by atoms with Crippen molar-refractivity contribution < 1.29 is 0 Å². The maximum absolute atomic E-state index is 2.30. The molecule has 0 aromatic heterocycles. The van der Waals surface area contributed by atoms with Gasteiger partial charge in [0.1, 0.15) is 0 Å². The van der Waals surface area contributed by atoms with Crippen LogP contribution in [0.1, 0.15) is 22.3 Å². The number of allylic oxidation sites excluding steroid dienone is 6. The molecule has 0 radical (unpaired) electrons. The van der Waals surface area contributed by atoms with Crippen LogP contribution in [-0.4, -0.2) is 0 Å². The minimum atomic E-state index is 1.23. The maximum atomic E-state index is 2.30. The van der Waals surface area contributed by atoms with Crippen molar-refractivity contribution in [3.8, 4) is 0 Å². The van der Waals surface area contributed by atoms with Gasteiger partial charge in [-0.25, -0.2) is 0 Å². The third kappa shape index (κ3) is 4.46. The van der Waals surface area contributed by atoms with Crippen molar-refractivity contribution in [3.05, 3.63) is 176 Å². The third-order valence-electron chi connectivity index (χ3n) is 6.41. The largest absolute Gasteiger partial charge is 0.105 e. The van der Waals surface area contributed by atoms with Crippen LogP contribution >= 0.6 is 23.5 Å². The van der Waals surface area contributed by atoms with E-state index in [1.807, 2.05) is 0 Å². The molecule has 0 fully saturated rings. The Morgan fingerprint density at radius 2 is 0.500 bits per heavy atom. The Labute approximate surface area is 221 Å². The van der Waals surface area contributed by atoms with Gasteiger partial charge in [0.05, 0.1) is 0 Å². The molecule has 0 unspecified atom stereocenters. The van der Waals surface area contributed by atoms with Crippen molar-refractivity contribution in [3.63, 3.8) is 0 Å². The summed E-state index contributed by atoms with van der Waals surface area (Å²) in [5, 5.41) is 9.21. The topological polar surface area (TPSA) is 0 Å². The van der Waals surface area contributed by atoms with Crippen LogP contribution in [0.2, 0.25) is 0 Å². The highest BCUT2D eigenvalue weighted by Crippen LogP contribution is 2.51. The van der Waals surface area contributed by atoms with Gasteiger partial charge in [0.25, 0.3) is 0 Å². The first kappa shape index (κ1) is 22.7. The highest BCUT2D eigenvalue weighted by molar-refractivity contribution is 8.05. The van der Waals surface area contributed by atoms with E-state index in [2.05, 4.69) is 143 Å². The molecule has 0 amide bonds. The van der Waals surface area contributed by atoms with E-state index >= 15 is 0 Å². The van der Waals surface area contributed by atoms with Crippen LogP contribution in [0.5, 0.6) is 0 Å². The zero-order valence-corrected chi connectivity index (χ0v) is 21.3. The molecule has 0 atom stereocenters. The Kier molecular flexibility index (Phi) is 6.62. The lowest BCUT2D eigenvalue weighted by atomic mass is 9.79. The molecular formula is C34H24S2. The quantitative estimate of drug-likeness (QED) is 0.276. The Morgan fingerprint density at radius 3 is 0.722 bits per heavy atom. The first-order valence-corrected chi connectivity index (χ1v) is 13.9. The average molecular weight is 497 g/mol. The van der Waals surface area contributed by atoms with Gasteiger partial charge in [-0.15, -0.1) is 23.5 Å². The molecule has 0 bridgehead atoms. The molecule has 2 aliphatic heterocycles. The van der Waals surface area contributed by atoms with Crippen LogP contribution < -0.4 is 0 Å². The monoisotopic (exact) mass is 496 g/mol. The fourth-order valence-corrected chi connectivity index (χ4v) is 6.42. The van der Waals surface area contributed by atoms with Crippen molar-refractivity contribution >= 4 is 45.8 Å². The molecule has 2 heterocycles. The molecule has 0 spiro atoms. The van der Waals surface area contributed by atoms with Gasteiger partial charge in [-0.3, -0.25) is 0 Å². The first-order valence-electron chi connectivity index (χ1n) is 12.0. The molecular weight excluding hydrogens is 473 g/mol. The average Bonchev–Trinajstić information content (AvgIpc) is 2.98. The highest BCUT2D eigenvalue weighted by Gasteiger charge is 2.28. The first-order chi connectivity index (χ1) is 17.9. The Balaban J connectivity index is 1.68. The molecule has 2 aliphatic rings. The van der Waals surface area contributed by atoms with Gasteiger partial charge in [0.15, 0.2) is 0 Å². The van der Waals surface area contributed by atoms with Crippen molar-refractivity contribution in [1.29, 1.82) is 0 Å². The molecule has 36 heavy (non-hydrogen) atoms. The number of hydrogen-bond acceptors (Lipinski definition) is 2. The normalized spacial score (nSPS) is 15.6. The smallest absolute Gasteiger partial charge is 0.000338 e. The Bertz CT molecular complexity index is 1290. The predicted molar refractivity (Wildman–Crippen MR) is 160 cm³/mol. The van der Waals surface area contributed by atoms with E-state index in [-0.39, 0.29) is 0 Å². The Hall–Kier alpha value is -3.72. The summed E-state index contributed by atoms with van der Waals surface area (Å²) in [5.41, 5.74) is 12.5. The summed E-state index contributed by atoms with van der Waals surface area (Å²) in [5.74, 6) is 0. The second kappa shape index (κ2) is 10.5. The summed E-state index contributed by atoms with van der Waals surface area (Å²) >= 11 is 3.52. The van der Waals surface area contributed by atoms with Crippen molar-refractivity contribution in [2.45, 2.75) is 0 Å². The maximum Gasteiger partial charge on any atom is -0.000338 e. The lowest BCUT2D eigenvalue weighted by molar-refractivity contribution is 1.49. The summed E-state index contributed by atoms with van der Waals surface area (Å²) in [6.45, 7) is 0. The zero-order valence-electron chi connectivity index (χ0n) is 19.7. The van der Waals surface area contributed by atoms with Crippen molar-refractivity contribution in [2.75, 3.05) is 0 Å². The Morgan fingerprint density at radius 1 is 0.278 bits per heavy atom. The highest BCUT2D eigenvalue weighted by atomic mass is 32.2. The molecule has 2 heteroatoms. The number of rotatable bonds is 4. The van der Waals surface area contributed by atoms with Crippen LogP contribution in [0.25, 0.3) is 22.3 Å². The van der Waals surface area contributed by atoms with Gasteiger partial charge in [-0.1, -0.05) is 121 Å². The molecule has 0 nitrogen and oxygen atoms in total. The minimum Gasteiger partial charge on any atom is -0.105 e. The fraction of sp³-hybridized carbons (Fsp3) is 0. The lowest BCUT2D eigenvalue weighted by Gasteiger charge is -2.29. The molecule has 0 aliphatic carbocycles. The standard InChI is InChI=1S/C34H24S2/c1-5-13-25(14-6-1)29-21-35-22-30(26-15-7-2-8-16-26)33(29)34-31(27-17-9-3-10-18-27)23-36-24-32(34)28-19-11-4-12-20-28/h1-24H. The van der Waals surface area contributed by atoms with Crippen LogP contribution in [-0.2, 0) is 0 Å². The van der Waals surface area contributed by atoms with Gasteiger partial charge < -0.3 is 0 Å². The second-order valence-electron chi connectivity index (χ2n) is 8.61. The molecule has 0 saturated heterocycles. The van der Waals surface area contributed by atoms with Crippen molar-refractivity contribution in [1.82, 2.24) is 0 Å². The minimum absolute atomic E-state index is 1.23. The summed E-state index contributed by atoms with van der Waals surface area (Å²) < 4.78 is 0. The zero-order chi connectivity index (χ0) is 24.2. The van der Waals surface area contributed by atoms with E-state index < -0.39 is 0 Å². The number of hydrogen-bond donors (Lipinski definition) is 0. The van der Waals surface area contributed by atoms with E-state index in [9.17, 15) is 0 Å². The SMILES string of the molecule is C1=C(c2ccccc2)C(=C2C(c3ccccc3)=CSC=C2c2ccccc2)C(c2ccccc2)=CS1. The van der Waals surface area contributed by atoms with E-state index in [4.69, 9.17) is 0 Å².